The van der Waals surface area contributed by atoms with Crippen molar-refractivity contribution < 1.29 is 23.4 Å². The maximum atomic E-state index is 12.9. The van der Waals surface area contributed by atoms with Crippen molar-refractivity contribution in [1.29, 1.82) is 0 Å². The van der Waals surface area contributed by atoms with Crippen molar-refractivity contribution in [2.24, 2.45) is 0 Å². The van der Waals surface area contributed by atoms with Gasteiger partial charge in [0.25, 0.3) is 0 Å². The topological polar surface area (TPSA) is 58.6 Å². The molecular weight excluding hydrogens is 220 g/mol. The molecule has 0 aliphatic heterocycles. The van der Waals surface area contributed by atoms with E-state index in [1.807, 2.05) is 0 Å². The zero-order valence-corrected chi connectivity index (χ0v) is 8.59. The highest BCUT2D eigenvalue weighted by atomic mass is 19.2. The van der Waals surface area contributed by atoms with E-state index in [2.05, 4.69) is 5.32 Å². The third kappa shape index (κ3) is 2.90. The van der Waals surface area contributed by atoms with Gasteiger partial charge in [-0.15, -0.1) is 0 Å². The lowest BCUT2D eigenvalue weighted by atomic mass is 10.1. The largest absolute Gasteiger partial charge is 0.478 e. The summed E-state index contributed by atoms with van der Waals surface area (Å²) in [6.07, 6.45) is 0. The summed E-state index contributed by atoms with van der Waals surface area (Å²) in [4.78, 5) is 10.8. The Morgan fingerprint density at radius 1 is 1.44 bits per heavy atom. The van der Waals surface area contributed by atoms with Gasteiger partial charge in [-0.1, -0.05) is 0 Å². The molecule has 0 amide bonds. The first-order valence-corrected chi connectivity index (χ1v) is 4.51. The third-order valence-electron chi connectivity index (χ3n) is 1.91. The zero-order chi connectivity index (χ0) is 12.1. The Balaban J connectivity index is 2.95. The molecule has 0 spiro atoms. The van der Waals surface area contributed by atoms with Gasteiger partial charge >= 0.3 is 5.97 Å². The Morgan fingerprint density at radius 3 is 2.62 bits per heavy atom. The van der Waals surface area contributed by atoms with E-state index in [0.29, 0.717) is 19.2 Å². The molecule has 0 radical (unpaired) electrons. The molecule has 0 unspecified atom stereocenters. The van der Waals surface area contributed by atoms with Crippen LogP contribution in [0, 0.1) is 11.6 Å². The molecule has 1 rings (SSSR count). The average molecular weight is 231 g/mol. The van der Waals surface area contributed by atoms with Gasteiger partial charge < -0.3 is 15.2 Å². The fraction of sp³-hybridized carbons (Fsp3) is 0.300. The minimum atomic E-state index is -1.32. The molecule has 88 valence electrons. The van der Waals surface area contributed by atoms with Crippen LogP contribution in [0.5, 0.6) is 0 Å². The van der Waals surface area contributed by atoms with Crippen LogP contribution in [-0.4, -0.2) is 31.3 Å². The fourth-order valence-electron chi connectivity index (χ4n) is 1.16. The van der Waals surface area contributed by atoms with E-state index in [1.54, 1.807) is 0 Å². The molecule has 0 saturated carbocycles. The summed E-state index contributed by atoms with van der Waals surface area (Å²) < 4.78 is 30.4. The summed E-state index contributed by atoms with van der Waals surface area (Å²) in [6.45, 7) is 0.639. The number of methoxy groups -OCH3 is 1. The maximum absolute atomic E-state index is 12.9. The van der Waals surface area contributed by atoms with Crippen LogP contribution >= 0.6 is 0 Å². The van der Waals surface area contributed by atoms with Crippen molar-refractivity contribution in [3.8, 4) is 0 Å². The molecular formula is C10H11F2NO3. The monoisotopic (exact) mass is 231 g/mol. The van der Waals surface area contributed by atoms with Crippen molar-refractivity contribution in [3.63, 3.8) is 0 Å². The van der Waals surface area contributed by atoms with E-state index in [4.69, 9.17) is 9.84 Å². The average Bonchev–Trinajstić information content (AvgIpc) is 2.23. The highest BCUT2D eigenvalue weighted by Crippen LogP contribution is 2.19. The second-order valence-corrected chi connectivity index (χ2v) is 3.04. The first-order chi connectivity index (χ1) is 7.56. The number of carboxylic acid groups (broad SMARTS) is 1. The molecule has 1 aromatic carbocycles. The lowest BCUT2D eigenvalue weighted by Crippen LogP contribution is -2.12. The standard InChI is InChI=1S/C10H11F2NO3/c1-16-3-2-13-9-5-8(12)7(11)4-6(9)10(14)15/h4-5,13H,2-3H2,1H3,(H,14,15). The molecule has 0 aliphatic carbocycles. The number of hydrogen-bond donors (Lipinski definition) is 2. The van der Waals surface area contributed by atoms with Crippen LogP contribution in [-0.2, 0) is 4.74 Å². The molecule has 1 aromatic rings. The van der Waals surface area contributed by atoms with Crippen LogP contribution < -0.4 is 5.32 Å². The Kier molecular flexibility index (Phi) is 4.19. The number of carboxylic acids is 1. The van der Waals surface area contributed by atoms with Gasteiger partial charge in [-0.3, -0.25) is 0 Å². The van der Waals surface area contributed by atoms with Crippen molar-refractivity contribution in [3.05, 3.63) is 29.3 Å². The summed E-state index contributed by atoms with van der Waals surface area (Å²) in [5.41, 5.74) is -0.279. The fourth-order valence-corrected chi connectivity index (χ4v) is 1.16. The number of rotatable bonds is 5. The van der Waals surface area contributed by atoms with Crippen LogP contribution in [0.2, 0.25) is 0 Å². The smallest absolute Gasteiger partial charge is 0.337 e. The van der Waals surface area contributed by atoms with E-state index in [0.717, 1.165) is 6.07 Å². The molecule has 0 heterocycles. The molecule has 4 nitrogen and oxygen atoms in total. The van der Waals surface area contributed by atoms with Gasteiger partial charge in [-0.2, -0.15) is 0 Å². The van der Waals surface area contributed by atoms with Crippen LogP contribution in [0.15, 0.2) is 12.1 Å². The molecule has 0 saturated heterocycles. The summed E-state index contributed by atoms with van der Waals surface area (Å²) in [5.74, 6) is -3.60. The number of benzene rings is 1. The summed E-state index contributed by atoms with van der Waals surface area (Å²) in [6, 6.07) is 1.46. The third-order valence-corrected chi connectivity index (χ3v) is 1.91. The number of aromatic carboxylic acids is 1. The zero-order valence-electron chi connectivity index (χ0n) is 8.59. The highest BCUT2D eigenvalue weighted by molar-refractivity contribution is 5.94. The number of ether oxygens (including phenoxy) is 1. The second kappa shape index (κ2) is 5.41. The summed E-state index contributed by atoms with van der Waals surface area (Å²) in [5, 5.41) is 11.4. The normalized spacial score (nSPS) is 10.2. The quantitative estimate of drug-likeness (QED) is 0.757. The molecule has 0 aliphatic rings. The number of carbonyl (C=O) groups is 1. The number of halogens is 2. The van der Waals surface area contributed by atoms with Gasteiger partial charge in [0, 0.05) is 19.7 Å². The van der Waals surface area contributed by atoms with Crippen LogP contribution in [0.25, 0.3) is 0 Å². The summed E-state index contributed by atoms with van der Waals surface area (Å²) in [7, 11) is 1.48. The maximum Gasteiger partial charge on any atom is 0.337 e. The Labute approximate surface area is 90.8 Å². The summed E-state index contributed by atoms with van der Waals surface area (Å²) >= 11 is 0. The number of nitrogens with one attached hydrogen (secondary N) is 1. The minimum absolute atomic E-state index is 0.0310. The molecule has 0 atom stereocenters. The van der Waals surface area contributed by atoms with Gasteiger partial charge in [0.2, 0.25) is 0 Å². The van der Waals surface area contributed by atoms with Crippen molar-refractivity contribution in [2.45, 2.75) is 0 Å². The van der Waals surface area contributed by atoms with Crippen LogP contribution in [0.1, 0.15) is 10.4 Å². The van der Waals surface area contributed by atoms with Crippen molar-refractivity contribution in [1.82, 2.24) is 0 Å². The number of hydrogen-bond acceptors (Lipinski definition) is 3. The predicted molar refractivity (Wildman–Crippen MR) is 53.7 cm³/mol. The second-order valence-electron chi connectivity index (χ2n) is 3.04. The molecule has 0 fully saturated rings. The first kappa shape index (κ1) is 12.4. The van der Waals surface area contributed by atoms with Gasteiger partial charge in [-0.25, -0.2) is 13.6 Å². The Bertz CT molecular complexity index is 396. The Morgan fingerprint density at radius 2 is 2.06 bits per heavy atom. The lowest BCUT2D eigenvalue weighted by Gasteiger charge is -2.09. The Hall–Kier alpha value is -1.69. The van der Waals surface area contributed by atoms with E-state index < -0.39 is 17.6 Å². The SMILES string of the molecule is COCCNc1cc(F)c(F)cc1C(=O)O. The van der Waals surface area contributed by atoms with E-state index in [-0.39, 0.29) is 11.3 Å². The predicted octanol–water partition coefficient (Wildman–Crippen LogP) is 1.72. The van der Waals surface area contributed by atoms with Gasteiger partial charge in [-0.05, 0) is 6.07 Å². The molecule has 16 heavy (non-hydrogen) atoms. The van der Waals surface area contributed by atoms with Gasteiger partial charge in [0.15, 0.2) is 11.6 Å². The van der Waals surface area contributed by atoms with E-state index in [1.165, 1.54) is 7.11 Å². The van der Waals surface area contributed by atoms with Crippen LogP contribution in [0.4, 0.5) is 14.5 Å². The van der Waals surface area contributed by atoms with Crippen molar-refractivity contribution in [2.75, 3.05) is 25.6 Å². The highest BCUT2D eigenvalue weighted by Gasteiger charge is 2.14. The van der Waals surface area contributed by atoms with E-state index >= 15 is 0 Å². The molecule has 2 N–H and O–H groups in total. The molecule has 6 heteroatoms. The molecule has 0 aromatic heterocycles. The molecule has 0 bridgehead atoms. The first-order valence-electron chi connectivity index (χ1n) is 4.51. The van der Waals surface area contributed by atoms with Crippen LogP contribution in [0.3, 0.4) is 0 Å². The van der Waals surface area contributed by atoms with Gasteiger partial charge in [0.1, 0.15) is 0 Å². The van der Waals surface area contributed by atoms with Gasteiger partial charge in [0.05, 0.1) is 17.9 Å². The lowest BCUT2D eigenvalue weighted by molar-refractivity contribution is 0.0697. The number of anilines is 1. The minimum Gasteiger partial charge on any atom is -0.478 e. The van der Waals surface area contributed by atoms with E-state index in [9.17, 15) is 13.6 Å². The van der Waals surface area contributed by atoms with Crippen molar-refractivity contribution >= 4 is 11.7 Å².